The first kappa shape index (κ1) is 31.6. The number of ketones is 1. The number of halogens is 1. The molecule has 5 rings (SSSR count). The third-order valence-electron chi connectivity index (χ3n) is 6.99. The molecule has 1 atom stereocenters. The fraction of sp³-hybridized carbons (Fsp3) is 0.273. The molecule has 1 aromatic heterocycles. The average Bonchev–Trinajstić information content (AvgIpc) is 3.61. The van der Waals surface area contributed by atoms with Crippen LogP contribution in [0.4, 0.5) is 5.13 Å². The zero-order chi connectivity index (χ0) is 31.1. The minimum atomic E-state index is -0.974. The van der Waals surface area contributed by atoms with E-state index in [-0.39, 0.29) is 16.5 Å². The van der Waals surface area contributed by atoms with Gasteiger partial charge < -0.3 is 14.6 Å². The lowest BCUT2D eigenvalue weighted by atomic mass is 9.95. The number of aromatic nitrogens is 2. The Morgan fingerprint density at radius 2 is 1.75 bits per heavy atom. The van der Waals surface area contributed by atoms with Crippen LogP contribution in [-0.2, 0) is 15.3 Å². The number of hydrogen-bond donors (Lipinski definition) is 1. The predicted octanol–water partition coefficient (Wildman–Crippen LogP) is 8.08. The number of nitrogens with zero attached hydrogens (tertiary/aromatic N) is 3. The van der Waals surface area contributed by atoms with E-state index in [1.807, 2.05) is 37.3 Å². The molecule has 0 radical (unpaired) electrons. The van der Waals surface area contributed by atoms with Crippen molar-refractivity contribution in [3.63, 3.8) is 0 Å². The van der Waals surface area contributed by atoms with Crippen LogP contribution in [0.5, 0.6) is 11.5 Å². The van der Waals surface area contributed by atoms with E-state index in [1.165, 1.54) is 28.0 Å². The van der Waals surface area contributed by atoms with Crippen molar-refractivity contribution in [2.75, 3.05) is 18.1 Å². The molecule has 1 unspecified atom stereocenters. The van der Waals surface area contributed by atoms with Gasteiger partial charge in [-0.3, -0.25) is 14.5 Å². The molecule has 1 fully saturated rings. The molecule has 8 nitrogen and oxygen atoms in total. The Morgan fingerprint density at radius 1 is 0.977 bits per heavy atom. The van der Waals surface area contributed by atoms with Crippen molar-refractivity contribution < 1.29 is 24.2 Å². The zero-order valence-corrected chi connectivity index (χ0v) is 26.8. The molecular weight excluding hydrogens is 618 g/mol. The second-order valence-electron chi connectivity index (χ2n) is 9.96. The summed E-state index contributed by atoms with van der Waals surface area (Å²) < 4.78 is 12.5. The Hall–Kier alpha value is -3.86. The number of amides is 1. The number of benzene rings is 3. The maximum atomic E-state index is 13.6. The summed E-state index contributed by atoms with van der Waals surface area (Å²) in [5.74, 6) is -0.269. The Morgan fingerprint density at radius 3 is 2.50 bits per heavy atom. The topological polar surface area (TPSA) is 102 Å². The van der Waals surface area contributed by atoms with Gasteiger partial charge in [0.2, 0.25) is 5.13 Å². The van der Waals surface area contributed by atoms with E-state index in [4.69, 9.17) is 21.1 Å². The number of carbonyl (C=O) groups excluding carboxylic acids is 2. The van der Waals surface area contributed by atoms with Crippen LogP contribution >= 0.6 is 34.7 Å². The van der Waals surface area contributed by atoms with E-state index in [0.29, 0.717) is 51.0 Å². The Kier molecular flexibility index (Phi) is 10.6. The van der Waals surface area contributed by atoms with Crippen LogP contribution < -0.4 is 14.4 Å². The first-order chi connectivity index (χ1) is 21.4. The first-order valence-corrected chi connectivity index (χ1v) is 16.6. The van der Waals surface area contributed by atoms with Gasteiger partial charge in [0.05, 0.1) is 24.8 Å². The van der Waals surface area contributed by atoms with Gasteiger partial charge in [-0.05, 0) is 42.7 Å². The molecule has 0 bridgehead atoms. The summed E-state index contributed by atoms with van der Waals surface area (Å²) in [4.78, 5) is 28.5. The van der Waals surface area contributed by atoms with E-state index in [9.17, 15) is 14.7 Å². The number of rotatable bonds is 13. The van der Waals surface area contributed by atoms with Crippen LogP contribution in [0.3, 0.4) is 0 Å². The number of hydrogen-bond acceptors (Lipinski definition) is 9. The van der Waals surface area contributed by atoms with E-state index in [2.05, 4.69) is 17.1 Å². The minimum Gasteiger partial charge on any atom is -0.507 e. The van der Waals surface area contributed by atoms with Crippen molar-refractivity contribution in [3.8, 4) is 11.5 Å². The van der Waals surface area contributed by atoms with Crippen molar-refractivity contribution in [1.82, 2.24) is 10.2 Å². The van der Waals surface area contributed by atoms with Crippen molar-refractivity contribution in [2.45, 2.75) is 49.2 Å². The number of thioether (sulfide) groups is 1. The number of anilines is 1. The van der Waals surface area contributed by atoms with E-state index in [1.54, 1.807) is 42.5 Å². The molecule has 1 N–H and O–H groups in total. The van der Waals surface area contributed by atoms with Crippen LogP contribution in [0.2, 0.25) is 5.02 Å². The van der Waals surface area contributed by atoms with Crippen molar-refractivity contribution in [3.05, 3.63) is 100 Å². The summed E-state index contributed by atoms with van der Waals surface area (Å²) in [7, 11) is 0. The van der Waals surface area contributed by atoms with Crippen LogP contribution in [0, 0.1) is 0 Å². The largest absolute Gasteiger partial charge is 0.507 e. The van der Waals surface area contributed by atoms with Gasteiger partial charge in [-0.15, -0.1) is 10.2 Å². The summed E-state index contributed by atoms with van der Waals surface area (Å²) in [6, 6.07) is 20.6. The van der Waals surface area contributed by atoms with Crippen molar-refractivity contribution in [1.29, 1.82) is 0 Å². The number of aliphatic hydroxyl groups is 1. The van der Waals surface area contributed by atoms with Gasteiger partial charge in [-0.2, -0.15) is 0 Å². The molecular formula is C33H32ClN3O5S2. The Balaban J connectivity index is 1.54. The molecule has 1 amide bonds. The number of ether oxygens (including phenoxy) is 2. The lowest BCUT2D eigenvalue weighted by Crippen LogP contribution is -2.29. The number of carbonyl (C=O) groups is 2. The second-order valence-corrected chi connectivity index (χ2v) is 12.5. The van der Waals surface area contributed by atoms with Crippen LogP contribution in [0.15, 0.2) is 82.7 Å². The quantitative estimate of drug-likeness (QED) is 0.0387. The third kappa shape index (κ3) is 6.93. The fourth-order valence-corrected chi connectivity index (χ4v) is 6.98. The van der Waals surface area contributed by atoms with Gasteiger partial charge in [0.1, 0.15) is 5.76 Å². The van der Waals surface area contributed by atoms with Gasteiger partial charge >= 0.3 is 5.91 Å². The lowest BCUT2D eigenvalue weighted by molar-refractivity contribution is -0.132. The van der Waals surface area contributed by atoms with Crippen LogP contribution in [0.1, 0.15) is 55.8 Å². The third-order valence-corrected chi connectivity index (χ3v) is 9.46. The first-order valence-electron chi connectivity index (χ1n) is 14.4. The van der Waals surface area contributed by atoms with Crippen LogP contribution in [-0.4, -0.2) is 40.2 Å². The predicted molar refractivity (Wildman–Crippen MR) is 175 cm³/mol. The van der Waals surface area contributed by atoms with Crippen molar-refractivity contribution >= 4 is 57.3 Å². The lowest BCUT2D eigenvalue weighted by Gasteiger charge is -2.23. The highest BCUT2D eigenvalue weighted by atomic mass is 35.5. The number of Topliss-reactive ketones (excluding diaryl/α,β-unsaturated/α-hetero) is 1. The normalized spacial score (nSPS) is 16.0. The summed E-state index contributed by atoms with van der Waals surface area (Å²) in [5, 5.41) is 20.9. The smallest absolute Gasteiger partial charge is 0.301 e. The molecule has 44 heavy (non-hydrogen) atoms. The standard InChI is InChI=1S/C33H32ClN3O5S2/c1-3-5-11-18-42-25-17-16-22(19-26(25)41-4-2)28-27(29(38)21-12-7-6-8-13-21)30(39)31(40)37(28)32-35-36-33(44-32)43-20-23-14-9-10-15-24(23)34/h6-10,12-17,19,28,38H,3-5,11,18,20H2,1-2H3/b29-27+. The highest BCUT2D eigenvalue weighted by molar-refractivity contribution is 8.00. The molecule has 4 aromatic rings. The van der Waals surface area contributed by atoms with E-state index < -0.39 is 17.7 Å². The van der Waals surface area contributed by atoms with Gasteiger partial charge in [-0.1, -0.05) is 109 Å². The fourth-order valence-electron chi connectivity index (χ4n) is 4.83. The highest BCUT2D eigenvalue weighted by Gasteiger charge is 2.48. The summed E-state index contributed by atoms with van der Waals surface area (Å²) in [6.45, 7) is 4.93. The van der Waals surface area contributed by atoms with Gasteiger partial charge in [0.25, 0.3) is 5.78 Å². The maximum absolute atomic E-state index is 13.6. The Labute approximate surface area is 269 Å². The van der Waals surface area contributed by atoms with Crippen LogP contribution in [0.25, 0.3) is 5.76 Å². The maximum Gasteiger partial charge on any atom is 0.301 e. The van der Waals surface area contributed by atoms with E-state index in [0.717, 1.165) is 24.8 Å². The summed E-state index contributed by atoms with van der Waals surface area (Å²) in [6.07, 6.45) is 3.04. The monoisotopic (exact) mass is 649 g/mol. The molecule has 0 aliphatic carbocycles. The van der Waals surface area contributed by atoms with Gasteiger partial charge in [0.15, 0.2) is 15.8 Å². The molecule has 3 aromatic carbocycles. The van der Waals surface area contributed by atoms with Crippen molar-refractivity contribution in [2.24, 2.45) is 0 Å². The molecule has 1 aliphatic rings. The summed E-state index contributed by atoms with van der Waals surface area (Å²) >= 11 is 8.95. The van der Waals surface area contributed by atoms with E-state index >= 15 is 0 Å². The Bertz CT molecular complexity index is 1660. The SMILES string of the molecule is CCCCCOc1ccc(C2/C(=C(\O)c3ccccc3)C(=O)C(=O)N2c2nnc(SCc3ccccc3Cl)s2)cc1OCC. The highest BCUT2D eigenvalue weighted by Crippen LogP contribution is 2.45. The zero-order valence-electron chi connectivity index (χ0n) is 24.4. The molecule has 2 heterocycles. The molecule has 1 saturated heterocycles. The van der Waals surface area contributed by atoms with Gasteiger partial charge in [0, 0.05) is 16.3 Å². The molecule has 1 aliphatic heterocycles. The molecule has 228 valence electrons. The number of unbranched alkanes of at least 4 members (excludes halogenated alkanes) is 2. The molecule has 0 spiro atoms. The molecule has 11 heteroatoms. The second kappa shape index (κ2) is 14.7. The minimum absolute atomic E-state index is 0.0410. The number of aliphatic hydroxyl groups excluding tert-OH is 1. The summed E-state index contributed by atoms with van der Waals surface area (Å²) in [5.41, 5.74) is 1.89. The average molecular weight is 650 g/mol. The molecule has 0 saturated carbocycles. The van der Waals surface area contributed by atoms with Gasteiger partial charge in [-0.25, -0.2) is 0 Å².